The van der Waals surface area contributed by atoms with Gasteiger partial charge in [-0.15, -0.1) is 0 Å². The SMILES string of the molecule is C[C@@H](CCBr)CC(C)(C)C. The van der Waals surface area contributed by atoms with E-state index in [0.29, 0.717) is 5.41 Å². The minimum atomic E-state index is 0.502. The van der Waals surface area contributed by atoms with E-state index < -0.39 is 0 Å². The minimum Gasteiger partial charge on any atom is -0.0928 e. The molecule has 0 saturated carbocycles. The van der Waals surface area contributed by atoms with E-state index >= 15 is 0 Å². The molecule has 62 valence electrons. The van der Waals surface area contributed by atoms with Crippen LogP contribution in [-0.4, -0.2) is 5.33 Å². The van der Waals surface area contributed by atoms with Crippen LogP contribution in [0.3, 0.4) is 0 Å². The standard InChI is InChI=1S/C9H19Br/c1-8(5-6-10)7-9(2,3)4/h8H,5-7H2,1-4H3/t8-/m0/s1. The van der Waals surface area contributed by atoms with Crippen molar-refractivity contribution >= 4 is 15.9 Å². The highest BCUT2D eigenvalue weighted by atomic mass is 79.9. The molecular formula is C9H19Br. The van der Waals surface area contributed by atoms with E-state index in [4.69, 9.17) is 0 Å². The lowest BCUT2D eigenvalue weighted by atomic mass is 9.84. The van der Waals surface area contributed by atoms with Gasteiger partial charge in [-0.05, 0) is 24.2 Å². The Balaban J connectivity index is 3.47. The molecule has 10 heavy (non-hydrogen) atoms. The Labute approximate surface area is 73.5 Å². The molecule has 1 heteroatoms. The fraction of sp³-hybridized carbons (Fsp3) is 1.00. The predicted molar refractivity (Wildman–Crippen MR) is 51.6 cm³/mol. The molecule has 0 radical (unpaired) electrons. The second kappa shape index (κ2) is 4.38. The molecule has 0 fully saturated rings. The molecule has 0 spiro atoms. The smallest absolute Gasteiger partial charge is 0.00338 e. The third-order valence-electron chi connectivity index (χ3n) is 1.56. The zero-order chi connectivity index (χ0) is 8.20. The van der Waals surface area contributed by atoms with E-state index in [2.05, 4.69) is 43.6 Å². The Kier molecular flexibility index (Phi) is 4.59. The van der Waals surface area contributed by atoms with Gasteiger partial charge in [0.05, 0.1) is 0 Å². The normalized spacial score (nSPS) is 15.3. The number of hydrogen-bond acceptors (Lipinski definition) is 0. The van der Waals surface area contributed by atoms with Crippen LogP contribution in [0.5, 0.6) is 0 Å². The van der Waals surface area contributed by atoms with Crippen LogP contribution in [-0.2, 0) is 0 Å². The second-order valence-electron chi connectivity index (χ2n) is 4.35. The van der Waals surface area contributed by atoms with Crippen molar-refractivity contribution < 1.29 is 0 Å². The molecule has 0 bridgehead atoms. The summed E-state index contributed by atoms with van der Waals surface area (Å²) in [6, 6.07) is 0. The number of halogens is 1. The molecule has 0 saturated heterocycles. The molecular weight excluding hydrogens is 188 g/mol. The molecule has 1 atom stereocenters. The van der Waals surface area contributed by atoms with Gasteiger partial charge in [-0.1, -0.05) is 43.6 Å². The van der Waals surface area contributed by atoms with E-state index in [-0.39, 0.29) is 0 Å². The van der Waals surface area contributed by atoms with Crippen molar-refractivity contribution in [1.82, 2.24) is 0 Å². The largest absolute Gasteiger partial charge is 0.0928 e. The van der Waals surface area contributed by atoms with Crippen molar-refractivity contribution in [1.29, 1.82) is 0 Å². The van der Waals surface area contributed by atoms with Crippen LogP contribution in [0.15, 0.2) is 0 Å². The highest BCUT2D eigenvalue weighted by Gasteiger charge is 2.14. The van der Waals surface area contributed by atoms with Crippen molar-refractivity contribution in [2.75, 3.05) is 5.33 Å². The first-order valence-electron chi connectivity index (χ1n) is 4.01. The molecule has 0 aromatic rings. The first-order valence-corrected chi connectivity index (χ1v) is 5.14. The van der Waals surface area contributed by atoms with E-state index in [9.17, 15) is 0 Å². The van der Waals surface area contributed by atoms with Crippen LogP contribution >= 0.6 is 15.9 Å². The first kappa shape index (κ1) is 10.5. The van der Waals surface area contributed by atoms with Gasteiger partial charge in [0, 0.05) is 5.33 Å². The van der Waals surface area contributed by atoms with Crippen molar-refractivity contribution in [2.24, 2.45) is 11.3 Å². The Morgan fingerprint density at radius 3 is 2.10 bits per heavy atom. The summed E-state index contributed by atoms with van der Waals surface area (Å²) < 4.78 is 0. The van der Waals surface area contributed by atoms with Gasteiger partial charge in [0.15, 0.2) is 0 Å². The predicted octanol–water partition coefficient (Wildman–Crippen LogP) is 3.84. The van der Waals surface area contributed by atoms with Crippen molar-refractivity contribution in [2.45, 2.75) is 40.5 Å². The summed E-state index contributed by atoms with van der Waals surface area (Å²) in [5, 5.41) is 1.14. The van der Waals surface area contributed by atoms with Gasteiger partial charge in [-0.25, -0.2) is 0 Å². The summed E-state index contributed by atoms with van der Waals surface area (Å²) in [4.78, 5) is 0. The Bertz CT molecular complexity index is 81.2. The van der Waals surface area contributed by atoms with Gasteiger partial charge in [-0.3, -0.25) is 0 Å². The summed E-state index contributed by atoms with van der Waals surface area (Å²) in [7, 11) is 0. The monoisotopic (exact) mass is 206 g/mol. The number of alkyl halides is 1. The average Bonchev–Trinajstić information content (AvgIpc) is 1.59. The lowest BCUT2D eigenvalue weighted by Gasteiger charge is -2.22. The zero-order valence-electron chi connectivity index (χ0n) is 7.58. The van der Waals surface area contributed by atoms with Gasteiger partial charge >= 0.3 is 0 Å². The number of hydrogen-bond donors (Lipinski definition) is 0. The van der Waals surface area contributed by atoms with E-state index in [1.807, 2.05) is 0 Å². The molecule has 0 aliphatic carbocycles. The maximum absolute atomic E-state index is 3.46. The number of rotatable bonds is 3. The van der Waals surface area contributed by atoms with Gasteiger partial charge in [0.25, 0.3) is 0 Å². The topological polar surface area (TPSA) is 0 Å². The van der Waals surface area contributed by atoms with Crippen molar-refractivity contribution in [3.63, 3.8) is 0 Å². The van der Waals surface area contributed by atoms with Gasteiger partial charge in [0.2, 0.25) is 0 Å². The van der Waals surface area contributed by atoms with Crippen molar-refractivity contribution in [3.8, 4) is 0 Å². The average molecular weight is 207 g/mol. The lowest BCUT2D eigenvalue weighted by molar-refractivity contribution is 0.304. The summed E-state index contributed by atoms with van der Waals surface area (Å²) in [6.45, 7) is 9.24. The van der Waals surface area contributed by atoms with E-state index in [1.54, 1.807) is 0 Å². The van der Waals surface area contributed by atoms with Crippen LogP contribution < -0.4 is 0 Å². The first-order chi connectivity index (χ1) is 4.45. The van der Waals surface area contributed by atoms with Crippen LogP contribution in [0.25, 0.3) is 0 Å². The Hall–Kier alpha value is 0.480. The fourth-order valence-corrected chi connectivity index (χ4v) is 2.12. The van der Waals surface area contributed by atoms with E-state index in [0.717, 1.165) is 11.2 Å². The van der Waals surface area contributed by atoms with Crippen LogP contribution in [0.1, 0.15) is 40.5 Å². The van der Waals surface area contributed by atoms with Gasteiger partial charge in [-0.2, -0.15) is 0 Å². The minimum absolute atomic E-state index is 0.502. The summed E-state index contributed by atoms with van der Waals surface area (Å²) in [5.41, 5.74) is 0.502. The zero-order valence-corrected chi connectivity index (χ0v) is 9.16. The molecule has 0 aromatic heterocycles. The van der Waals surface area contributed by atoms with Crippen LogP contribution in [0.4, 0.5) is 0 Å². The molecule has 0 unspecified atom stereocenters. The van der Waals surface area contributed by atoms with Gasteiger partial charge < -0.3 is 0 Å². The lowest BCUT2D eigenvalue weighted by Crippen LogP contribution is -2.11. The maximum atomic E-state index is 3.46. The molecule has 0 nitrogen and oxygen atoms in total. The summed E-state index contributed by atoms with van der Waals surface area (Å²) >= 11 is 3.46. The molecule has 0 rings (SSSR count). The molecule has 0 aliphatic heterocycles. The summed E-state index contributed by atoms with van der Waals surface area (Å²) in [5.74, 6) is 0.861. The Morgan fingerprint density at radius 1 is 1.30 bits per heavy atom. The highest BCUT2D eigenvalue weighted by Crippen LogP contribution is 2.25. The quantitative estimate of drug-likeness (QED) is 0.616. The third kappa shape index (κ3) is 6.60. The molecule has 0 N–H and O–H groups in total. The second-order valence-corrected chi connectivity index (χ2v) is 5.14. The Morgan fingerprint density at radius 2 is 1.80 bits per heavy atom. The van der Waals surface area contributed by atoms with E-state index in [1.165, 1.54) is 12.8 Å². The fourth-order valence-electron chi connectivity index (χ4n) is 1.33. The molecule has 0 heterocycles. The third-order valence-corrected chi connectivity index (χ3v) is 2.02. The molecule has 0 amide bonds. The van der Waals surface area contributed by atoms with Crippen LogP contribution in [0, 0.1) is 11.3 Å². The molecule has 0 aromatic carbocycles. The van der Waals surface area contributed by atoms with Crippen molar-refractivity contribution in [3.05, 3.63) is 0 Å². The van der Waals surface area contributed by atoms with Gasteiger partial charge in [0.1, 0.15) is 0 Å². The highest BCUT2D eigenvalue weighted by molar-refractivity contribution is 9.09. The molecule has 0 aliphatic rings. The van der Waals surface area contributed by atoms with Crippen LogP contribution in [0.2, 0.25) is 0 Å². The maximum Gasteiger partial charge on any atom is 0.00338 e. The summed E-state index contributed by atoms with van der Waals surface area (Å²) in [6.07, 6.45) is 2.63.